The molecule has 0 bridgehead atoms. The van der Waals surface area contributed by atoms with Gasteiger partial charge in [-0.25, -0.2) is 4.39 Å². The molecule has 1 aromatic carbocycles. The summed E-state index contributed by atoms with van der Waals surface area (Å²) in [7, 11) is 0. The SMILES string of the molecule is NC(=O)[C@@H]1C[C@@H](F)CN1[C@@]1(c2ccccc2C(F)(F)F)CC[C@@H]2CNC[C@@H]21. The lowest BCUT2D eigenvalue weighted by Gasteiger charge is -2.47. The second kappa shape index (κ2) is 6.44. The van der Waals surface area contributed by atoms with Crippen LogP contribution in [0.3, 0.4) is 0 Å². The molecule has 1 amide bonds. The van der Waals surface area contributed by atoms with E-state index >= 15 is 0 Å². The summed E-state index contributed by atoms with van der Waals surface area (Å²) in [4.78, 5) is 13.7. The van der Waals surface area contributed by atoms with Gasteiger partial charge >= 0.3 is 6.18 Å². The molecule has 1 aliphatic carbocycles. The van der Waals surface area contributed by atoms with Crippen LogP contribution in [-0.2, 0) is 16.5 Å². The average Bonchev–Trinajstić information content (AvgIpc) is 3.29. The zero-order valence-corrected chi connectivity index (χ0v) is 14.8. The summed E-state index contributed by atoms with van der Waals surface area (Å²) >= 11 is 0. The molecule has 4 rings (SSSR count). The molecule has 8 heteroatoms. The second-order valence-corrected chi connectivity index (χ2v) is 7.93. The Kier molecular flexibility index (Phi) is 4.46. The Morgan fingerprint density at radius 3 is 2.70 bits per heavy atom. The minimum Gasteiger partial charge on any atom is -0.368 e. The number of alkyl halides is 4. The number of rotatable bonds is 3. The Morgan fingerprint density at radius 2 is 2.00 bits per heavy atom. The number of hydrogen-bond donors (Lipinski definition) is 2. The number of primary amides is 1. The van der Waals surface area contributed by atoms with Gasteiger partial charge in [-0.05, 0) is 42.9 Å². The van der Waals surface area contributed by atoms with E-state index in [0.717, 1.165) is 19.0 Å². The molecule has 0 radical (unpaired) electrons. The second-order valence-electron chi connectivity index (χ2n) is 7.93. The van der Waals surface area contributed by atoms with Crippen LogP contribution in [0.5, 0.6) is 0 Å². The Labute approximate surface area is 155 Å². The Balaban J connectivity index is 1.91. The van der Waals surface area contributed by atoms with Gasteiger partial charge in [0.2, 0.25) is 5.91 Å². The molecule has 2 heterocycles. The highest BCUT2D eigenvalue weighted by Gasteiger charge is 2.60. The number of carbonyl (C=O) groups is 1. The van der Waals surface area contributed by atoms with E-state index < -0.39 is 35.4 Å². The number of carbonyl (C=O) groups excluding carboxylic acids is 1. The molecule has 1 aromatic rings. The quantitative estimate of drug-likeness (QED) is 0.786. The van der Waals surface area contributed by atoms with Crippen molar-refractivity contribution in [2.24, 2.45) is 17.6 Å². The molecular formula is C19H23F4N3O. The van der Waals surface area contributed by atoms with Crippen molar-refractivity contribution in [3.05, 3.63) is 35.4 Å². The largest absolute Gasteiger partial charge is 0.416 e. The summed E-state index contributed by atoms with van der Waals surface area (Å²) < 4.78 is 55.8. The maximum atomic E-state index is 14.3. The highest BCUT2D eigenvalue weighted by Crippen LogP contribution is 2.56. The van der Waals surface area contributed by atoms with Crippen LogP contribution in [0.2, 0.25) is 0 Å². The van der Waals surface area contributed by atoms with Gasteiger partial charge < -0.3 is 11.1 Å². The fourth-order valence-corrected chi connectivity index (χ4v) is 5.63. The van der Waals surface area contributed by atoms with E-state index in [1.807, 2.05) is 0 Å². The number of nitrogens with one attached hydrogen (secondary N) is 1. The maximum Gasteiger partial charge on any atom is 0.416 e. The zero-order valence-electron chi connectivity index (χ0n) is 14.8. The van der Waals surface area contributed by atoms with Crippen LogP contribution in [0.15, 0.2) is 24.3 Å². The van der Waals surface area contributed by atoms with Crippen LogP contribution in [0.1, 0.15) is 30.4 Å². The smallest absolute Gasteiger partial charge is 0.368 e. The molecule has 0 spiro atoms. The monoisotopic (exact) mass is 385 g/mol. The topological polar surface area (TPSA) is 58.4 Å². The molecule has 3 fully saturated rings. The number of amides is 1. The first-order valence-corrected chi connectivity index (χ1v) is 9.32. The summed E-state index contributed by atoms with van der Waals surface area (Å²) in [5.74, 6) is -0.583. The van der Waals surface area contributed by atoms with Gasteiger partial charge in [-0.3, -0.25) is 9.69 Å². The van der Waals surface area contributed by atoms with Crippen LogP contribution in [0.4, 0.5) is 17.6 Å². The van der Waals surface area contributed by atoms with Crippen molar-refractivity contribution in [1.29, 1.82) is 0 Å². The highest BCUT2D eigenvalue weighted by molar-refractivity contribution is 5.80. The average molecular weight is 385 g/mol. The van der Waals surface area contributed by atoms with Crippen molar-refractivity contribution < 1.29 is 22.4 Å². The third kappa shape index (κ3) is 2.84. The first-order valence-electron chi connectivity index (χ1n) is 9.32. The van der Waals surface area contributed by atoms with E-state index in [1.165, 1.54) is 12.1 Å². The number of hydrogen-bond acceptors (Lipinski definition) is 3. The van der Waals surface area contributed by atoms with Crippen LogP contribution >= 0.6 is 0 Å². The van der Waals surface area contributed by atoms with Gasteiger partial charge in [0.25, 0.3) is 0 Å². The fraction of sp³-hybridized carbons (Fsp3) is 0.632. The fourth-order valence-electron chi connectivity index (χ4n) is 5.63. The molecular weight excluding hydrogens is 362 g/mol. The lowest BCUT2D eigenvalue weighted by Crippen LogP contribution is -2.56. The van der Waals surface area contributed by atoms with E-state index in [2.05, 4.69) is 5.32 Å². The minimum absolute atomic E-state index is 0.0594. The molecule has 2 saturated heterocycles. The predicted molar refractivity (Wildman–Crippen MR) is 91.4 cm³/mol. The third-order valence-electron chi connectivity index (χ3n) is 6.64. The molecule has 148 valence electrons. The van der Waals surface area contributed by atoms with Crippen LogP contribution in [0.25, 0.3) is 0 Å². The van der Waals surface area contributed by atoms with Crippen LogP contribution in [-0.4, -0.2) is 42.7 Å². The third-order valence-corrected chi connectivity index (χ3v) is 6.64. The first-order chi connectivity index (χ1) is 12.7. The molecule has 4 nitrogen and oxygen atoms in total. The summed E-state index contributed by atoms with van der Waals surface area (Å²) in [5, 5.41) is 3.27. The summed E-state index contributed by atoms with van der Waals surface area (Å²) in [6.45, 7) is 1.22. The van der Waals surface area contributed by atoms with E-state index in [4.69, 9.17) is 5.73 Å². The molecule has 0 aromatic heterocycles. The van der Waals surface area contributed by atoms with Crippen molar-refractivity contribution in [2.45, 2.75) is 43.2 Å². The molecule has 2 aliphatic heterocycles. The van der Waals surface area contributed by atoms with Crippen molar-refractivity contribution in [2.75, 3.05) is 19.6 Å². The van der Waals surface area contributed by atoms with Gasteiger partial charge in [0, 0.05) is 19.5 Å². The number of fused-ring (bicyclic) bond motifs is 1. The standard InChI is InChI=1S/C19H23F4N3O/c20-12-7-16(17(24)27)26(10-12)18(6-5-11-8-25-9-15(11)18)13-3-1-2-4-14(13)19(21,22)23/h1-4,11-12,15-16,25H,5-10H2,(H2,24,27)/t11-,12-,15+,16+,18-/m1/s1. The molecule has 3 N–H and O–H groups in total. The van der Waals surface area contributed by atoms with E-state index in [0.29, 0.717) is 13.0 Å². The normalized spacial score (nSPS) is 36.9. The molecule has 5 atom stereocenters. The lowest BCUT2D eigenvalue weighted by molar-refractivity contribution is -0.140. The molecule has 27 heavy (non-hydrogen) atoms. The van der Waals surface area contributed by atoms with Gasteiger partial charge in [-0.15, -0.1) is 0 Å². The summed E-state index contributed by atoms with van der Waals surface area (Å²) in [6, 6.07) is 4.64. The Morgan fingerprint density at radius 1 is 1.26 bits per heavy atom. The van der Waals surface area contributed by atoms with E-state index in [1.54, 1.807) is 11.0 Å². The predicted octanol–water partition coefficient (Wildman–Crippen LogP) is 2.43. The van der Waals surface area contributed by atoms with Gasteiger partial charge in [0.05, 0.1) is 17.1 Å². The molecule has 0 unspecified atom stereocenters. The first kappa shape index (κ1) is 18.7. The van der Waals surface area contributed by atoms with Crippen molar-refractivity contribution in [3.8, 4) is 0 Å². The van der Waals surface area contributed by atoms with Crippen molar-refractivity contribution in [3.63, 3.8) is 0 Å². The molecule has 3 aliphatic rings. The van der Waals surface area contributed by atoms with Gasteiger partial charge in [0.15, 0.2) is 0 Å². The number of nitrogens with two attached hydrogens (primary N) is 1. The van der Waals surface area contributed by atoms with E-state index in [9.17, 15) is 22.4 Å². The Bertz CT molecular complexity index is 740. The number of nitrogens with zero attached hydrogens (tertiary/aromatic N) is 1. The van der Waals surface area contributed by atoms with Gasteiger partial charge in [0.1, 0.15) is 6.17 Å². The van der Waals surface area contributed by atoms with Gasteiger partial charge in [-0.1, -0.05) is 18.2 Å². The summed E-state index contributed by atoms with van der Waals surface area (Å²) in [6.07, 6.45) is -4.65. The van der Waals surface area contributed by atoms with E-state index in [-0.39, 0.29) is 30.4 Å². The van der Waals surface area contributed by atoms with Crippen molar-refractivity contribution >= 4 is 5.91 Å². The Hall–Kier alpha value is -1.67. The van der Waals surface area contributed by atoms with Crippen molar-refractivity contribution in [1.82, 2.24) is 10.2 Å². The summed E-state index contributed by atoms with van der Waals surface area (Å²) in [5.41, 5.74) is 3.93. The minimum atomic E-state index is -4.52. The van der Waals surface area contributed by atoms with Crippen LogP contribution < -0.4 is 11.1 Å². The van der Waals surface area contributed by atoms with Crippen LogP contribution in [0, 0.1) is 11.8 Å². The van der Waals surface area contributed by atoms with Gasteiger partial charge in [-0.2, -0.15) is 13.2 Å². The molecule has 1 saturated carbocycles. The number of benzene rings is 1. The zero-order chi connectivity index (χ0) is 19.4. The number of likely N-dealkylation sites (tertiary alicyclic amines) is 1. The number of halogens is 4. The highest BCUT2D eigenvalue weighted by atomic mass is 19.4. The maximum absolute atomic E-state index is 14.3. The lowest BCUT2D eigenvalue weighted by atomic mass is 9.75.